The lowest BCUT2D eigenvalue weighted by molar-refractivity contribution is -0.278. The summed E-state index contributed by atoms with van der Waals surface area (Å²) in [7, 11) is 3.17. The Morgan fingerprint density at radius 2 is 2.14 bits per heavy atom. The van der Waals surface area contributed by atoms with Gasteiger partial charge in [-0.3, -0.25) is 4.79 Å². The Kier molecular flexibility index (Phi) is 7.38. The molecule has 0 aromatic heterocycles. The van der Waals surface area contributed by atoms with Crippen LogP contribution in [-0.4, -0.2) is 42.8 Å². The fourth-order valence-electron chi connectivity index (χ4n) is 2.13. The zero-order valence-electron chi connectivity index (χ0n) is 13.1. The van der Waals surface area contributed by atoms with Crippen molar-refractivity contribution in [3.05, 3.63) is 41.7 Å². The maximum Gasteiger partial charge on any atom is 0.307 e. The highest BCUT2D eigenvalue weighted by Gasteiger charge is 2.22. The molecule has 7 nitrogen and oxygen atoms in total. The molecule has 1 atom stereocenters. The number of aromatic hydroxyl groups is 1. The molecule has 0 fully saturated rings. The predicted octanol–water partition coefficient (Wildman–Crippen LogP) is -0.655. The van der Waals surface area contributed by atoms with E-state index in [1.165, 1.54) is 7.11 Å². The van der Waals surface area contributed by atoms with E-state index in [2.05, 4.69) is 11.1 Å². The van der Waals surface area contributed by atoms with Crippen LogP contribution in [0.3, 0.4) is 0 Å². The molecular weight excluding hydrogens is 284 g/mol. The van der Waals surface area contributed by atoms with E-state index in [0.29, 0.717) is 13.0 Å². The number of ether oxygens (including phenoxy) is 1. The number of hydrazine groups is 1. The molecule has 1 aromatic carbocycles. The summed E-state index contributed by atoms with van der Waals surface area (Å²) in [6.45, 7) is 0.549. The van der Waals surface area contributed by atoms with Crippen LogP contribution in [0.1, 0.15) is 12.0 Å². The number of esters is 1. The van der Waals surface area contributed by atoms with Crippen LogP contribution in [0.2, 0.25) is 0 Å². The second-order valence-corrected chi connectivity index (χ2v) is 4.94. The highest BCUT2D eigenvalue weighted by Crippen LogP contribution is 2.16. The number of phenols is 1. The zero-order valence-corrected chi connectivity index (χ0v) is 13.1. The molecule has 1 rings (SSSR count). The van der Waals surface area contributed by atoms with Gasteiger partial charge < -0.3 is 25.9 Å². The third-order valence-electron chi connectivity index (χ3n) is 3.36. The summed E-state index contributed by atoms with van der Waals surface area (Å²) in [6.07, 6.45) is 2.37. The molecule has 0 unspecified atom stereocenters. The van der Waals surface area contributed by atoms with Crippen molar-refractivity contribution < 1.29 is 20.4 Å². The molecule has 0 spiro atoms. The van der Waals surface area contributed by atoms with Crippen molar-refractivity contribution in [1.29, 1.82) is 0 Å². The number of benzene rings is 1. The average molecular weight is 309 g/mol. The first-order valence-corrected chi connectivity index (χ1v) is 7.03. The van der Waals surface area contributed by atoms with Crippen molar-refractivity contribution in [2.75, 3.05) is 20.7 Å². The predicted molar refractivity (Wildman–Crippen MR) is 83.2 cm³/mol. The summed E-state index contributed by atoms with van der Waals surface area (Å²) in [5.74, 6) is 6.04. The molecule has 0 bridgehead atoms. The van der Waals surface area contributed by atoms with Crippen LogP contribution in [0.15, 0.2) is 36.2 Å². The molecule has 0 radical (unpaired) electrons. The Morgan fingerprint density at radius 3 is 2.64 bits per heavy atom. The molecule has 22 heavy (non-hydrogen) atoms. The lowest BCUT2D eigenvalue weighted by Crippen LogP contribution is -2.50. The Bertz CT molecular complexity index is 502. The average Bonchev–Trinajstić information content (AvgIpc) is 2.53. The molecule has 0 heterocycles. The van der Waals surface area contributed by atoms with Gasteiger partial charge in [-0.05, 0) is 31.2 Å². The van der Waals surface area contributed by atoms with Gasteiger partial charge in [-0.2, -0.15) is 0 Å². The minimum Gasteiger partial charge on any atom is -0.508 e. The fourth-order valence-corrected chi connectivity index (χ4v) is 2.13. The molecule has 7 N–H and O–H groups in total. The van der Waals surface area contributed by atoms with Crippen molar-refractivity contribution >= 4 is 5.97 Å². The van der Waals surface area contributed by atoms with Crippen LogP contribution >= 0.6 is 0 Å². The summed E-state index contributed by atoms with van der Waals surface area (Å²) in [4.78, 5) is 11.6. The Labute approximate surface area is 130 Å². The number of phenolic OH excluding ortho intramolecular Hbond substituents is 1. The van der Waals surface area contributed by atoms with Gasteiger partial charge in [0.05, 0.1) is 25.3 Å². The quantitative estimate of drug-likeness (QED) is 0.288. The molecule has 0 aliphatic carbocycles. The second-order valence-electron chi connectivity index (χ2n) is 4.94. The van der Waals surface area contributed by atoms with Gasteiger partial charge in [0.1, 0.15) is 11.9 Å². The molecule has 0 aliphatic rings. The van der Waals surface area contributed by atoms with E-state index in [1.54, 1.807) is 35.5 Å². The van der Waals surface area contributed by atoms with Crippen LogP contribution in [0.4, 0.5) is 0 Å². The number of hydrogen-bond donors (Lipinski definition) is 4. The summed E-state index contributed by atoms with van der Waals surface area (Å²) in [5.41, 5.74) is 5.51. The maximum atomic E-state index is 11.6. The highest BCUT2D eigenvalue weighted by molar-refractivity contribution is 5.70. The Morgan fingerprint density at radius 1 is 1.50 bits per heavy atom. The topological polar surface area (TPSA) is 115 Å². The van der Waals surface area contributed by atoms with Gasteiger partial charge in [-0.1, -0.05) is 12.1 Å². The number of carbonyl (C=O) groups is 1. The molecule has 7 heteroatoms. The monoisotopic (exact) mass is 309 g/mol. The van der Waals surface area contributed by atoms with Crippen molar-refractivity contribution in [2.45, 2.75) is 18.9 Å². The molecule has 1 aromatic rings. The molecule has 0 aliphatic heterocycles. The summed E-state index contributed by atoms with van der Waals surface area (Å²) < 4.78 is 4.75. The van der Waals surface area contributed by atoms with E-state index >= 15 is 0 Å². The number of methoxy groups -OCH3 is 1. The number of nitrogens with one attached hydrogen (secondary N) is 1. The van der Waals surface area contributed by atoms with Gasteiger partial charge >= 0.3 is 5.97 Å². The molecule has 0 saturated carbocycles. The number of nitrogens with zero attached hydrogens (tertiary/aromatic N) is 1. The number of quaternary nitrogens is 1. The number of rotatable bonds is 8. The summed E-state index contributed by atoms with van der Waals surface area (Å²) in [5, 5.41) is 13.9. The van der Waals surface area contributed by atoms with Crippen LogP contribution in [0.5, 0.6) is 5.75 Å². The largest absolute Gasteiger partial charge is 0.508 e. The first-order chi connectivity index (χ1) is 10.5. The SMILES string of the molecule is CNC/C(=C/[NH3+])N(N)[C@H](CC(=O)OC)Cc1ccc(O)cc1. The smallest absolute Gasteiger partial charge is 0.307 e. The summed E-state index contributed by atoms with van der Waals surface area (Å²) >= 11 is 0. The zero-order chi connectivity index (χ0) is 16.5. The van der Waals surface area contributed by atoms with Gasteiger partial charge in [-0.25, -0.2) is 5.84 Å². The van der Waals surface area contributed by atoms with Crippen LogP contribution in [0.25, 0.3) is 0 Å². The molecule has 0 saturated heterocycles. The lowest BCUT2D eigenvalue weighted by atomic mass is 10.0. The van der Waals surface area contributed by atoms with Crippen molar-refractivity contribution in [2.24, 2.45) is 5.84 Å². The third kappa shape index (κ3) is 5.36. The Balaban J connectivity index is 2.91. The van der Waals surface area contributed by atoms with E-state index in [9.17, 15) is 9.90 Å². The van der Waals surface area contributed by atoms with E-state index in [-0.39, 0.29) is 24.2 Å². The first-order valence-electron chi connectivity index (χ1n) is 7.03. The fraction of sp³-hybridized carbons (Fsp3) is 0.400. The van der Waals surface area contributed by atoms with E-state index in [1.807, 2.05) is 7.05 Å². The minimum atomic E-state index is -0.327. The highest BCUT2D eigenvalue weighted by atomic mass is 16.5. The van der Waals surface area contributed by atoms with E-state index < -0.39 is 0 Å². The molecule has 0 amide bonds. The lowest BCUT2D eigenvalue weighted by Gasteiger charge is -2.29. The maximum absolute atomic E-state index is 11.6. The van der Waals surface area contributed by atoms with Gasteiger partial charge in [0.2, 0.25) is 0 Å². The summed E-state index contributed by atoms with van der Waals surface area (Å²) in [6, 6.07) is 6.56. The number of carbonyl (C=O) groups excluding carboxylic acids is 1. The number of hydrogen-bond acceptors (Lipinski definition) is 6. The second kappa shape index (κ2) is 9.04. The van der Waals surface area contributed by atoms with Crippen molar-refractivity contribution in [1.82, 2.24) is 10.3 Å². The van der Waals surface area contributed by atoms with Gasteiger partial charge in [-0.15, -0.1) is 0 Å². The van der Waals surface area contributed by atoms with Crippen molar-refractivity contribution in [3.8, 4) is 5.75 Å². The number of likely N-dealkylation sites (N-methyl/N-ethyl adjacent to an activating group) is 1. The number of nitrogens with two attached hydrogens (primary N) is 1. The van der Waals surface area contributed by atoms with Crippen LogP contribution in [0, 0.1) is 0 Å². The van der Waals surface area contributed by atoms with Gasteiger partial charge in [0, 0.05) is 6.54 Å². The Hall–Kier alpha value is -2.09. The van der Waals surface area contributed by atoms with Crippen LogP contribution < -0.4 is 16.9 Å². The normalized spacial score (nSPS) is 12.8. The van der Waals surface area contributed by atoms with Gasteiger partial charge in [0.25, 0.3) is 0 Å². The third-order valence-corrected chi connectivity index (χ3v) is 3.36. The first kappa shape index (κ1) is 18.0. The van der Waals surface area contributed by atoms with Crippen molar-refractivity contribution in [3.63, 3.8) is 0 Å². The van der Waals surface area contributed by atoms with E-state index in [0.717, 1.165) is 11.3 Å². The minimum absolute atomic E-state index is 0.162. The van der Waals surface area contributed by atoms with Gasteiger partial charge in [0.15, 0.2) is 0 Å². The van der Waals surface area contributed by atoms with E-state index in [4.69, 9.17) is 10.6 Å². The standard InChI is InChI=1S/C15H24N4O3/c1-18-10-13(9-16)19(17)12(8-15(21)22-2)7-11-3-5-14(20)6-4-11/h3-6,9,12,18,20H,7-8,10,16-17H2,1-2H3/p+1/b13-9-/t12-/m0/s1. The molecular formula is C15H25N4O3+. The van der Waals surface area contributed by atoms with Crippen LogP contribution in [-0.2, 0) is 16.0 Å². The molecule has 122 valence electrons.